The average Bonchev–Trinajstić information content (AvgIpc) is 3.19. The Morgan fingerprint density at radius 3 is 2.82 bits per heavy atom. The van der Waals surface area contributed by atoms with E-state index >= 15 is 0 Å². The first-order valence-corrected chi connectivity index (χ1v) is 7.08. The summed E-state index contributed by atoms with van der Waals surface area (Å²) in [6, 6.07) is 0. The smallest absolute Gasteiger partial charge is 0.223 e. The molecule has 0 aliphatic heterocycles. The van der Waals surface area contributed by atoms with Crippen LogP contribution < -0.4 is 5.32 Å². The summed E-state index contributed by atoms with van der Waals surface area (Å²) < 4.78 is 0. The van der Waals surface area contributed by atoms with Crippen LogP contribution >= 0.6 is 0 Å². The molecule has 1 amide bonds. The third-order valence-corrected chi connectivity index (χ3v) is 4.24. The minimum absolute atomic E-state index is 0.294. The molecule has 2 rings (SSSR count). The van der Waals surface area contributed by atoms with E-state index in [1.54, 1.807) is 0 Å². The Kier molecular flexibility index (Phi) is 3.90. The maximum atomic E-state index is 11.6. The molecule has 2 heteroatoms. The van der Waals surface area contributed by atoms with Crippen molar-refractivity contribution in [3.05, 3.63) is 12.2 Å². The summed E-state index contributed by atoms with van der Waals surface area (Å²) in [5.74, 6) is 1.47. The van der Waals surface area contributed by atoms with Gasteiger partial charge in [-0.3, -0.25) is 4.79 Å². The predicted molar refractivity (Wildman–Crippen MR) is 70.6 cm³/mol. The number of carbonyl (C=O) groups is 1. The van der Waals surface area contributed by atoms with Gasteiger partial charge in [0.25, 0.3) is 0 Å². The van der Waals surface area contributed by atoms with Crippen molar-refractivity contribution in [3.8, 4) is 0 Å². The second-order valence-corrected chi connectivity index (χ2v) is 6.00. The van der Waals surface area contributed by atoms with Gasteiger partial charge in [0.1, 0.15) is 0 Å². The Morgan fingerprint density at radius 2 is 2.18 bits per heavy atom. The van der Waals surface area contributed by atoms with E-state index in [9.17, 15) is 4.79 Å². The maximum absolute atomic E-state index is 11.6. The SMILES string of the molecule is CC/C=C\CCC1CC1(C)CNC(=O)C1CC1. The van der Waals surface area contributed by atoms with Gasteiger partial charge in [0.05, 0.1) is 0 Å². The summed E-state index contributed by atoms with van der Waals surface area (Å²) in [7, 11) is 0. The average molecular weight is 235 g/mol. The van der Waals surface area contributed by atoms with Gasteiger partial charge >= 0.3 is 0 Å². The van der Waals surface area contributed by atoms with Crippen LogP contribution in [0.1, 0.15) is 52.4 Å². The van der Waals surface area contributed by atoms with Gasteiger partial charge in [-0.1, -0.05) is 26.0 Å². The molecular weight excluding hydrogens is 210 g/mol. The minimum Gasteiger partial charge on any atom is -0.355 e. The fraction of sp³-hybridized carbons (Fsp3) is 0.800. The molecule has 2 saturated carbocycles. The Bertz CT molecular complexity index is 306. The van der Waals surface area contributed by atoms with Crippen LogP contribution in [0.5, 0.6) is 0 Å². The van der Waals surface area contributed by atoms with E-state index in [0.717, 1.165) is 31.7 Å². The van der Waals surface area contributed by atoms with E-state index < -0.39 is 0 Å². The topological polar surface area (TPSA) is 29.1 Å². The number of allylic oxidation sites excluding steroid dienone is 2. The van der Waals surface area contributed by atoms with E-state index in [2.05, 4.69) is 31.3 Å². The summed E-state index contributed by atoms with van der Waals surface area (Å²) in [5, 5.41) is 3.12. The zero-order valence-corrected chi connectivity index (χ0v) is 11.2. The summed E-state index contributed by atoms with van der Waals surface area (Å²) in [4.78, 5) is 11.6. The van der Waals surface area contributed by atoms with Gasteiger partial charge in [-0.25, -0.2) is 0 Å². The zero-order chi connectivity index (χ0) is 12.3. The van der Waals surface area contributed by atoms with Crippen LogP contribution in [0.15, 0.2) is 12.2 Å². The molecule has 96 valence electrons. The van der Waals surface area contributed by atoms with Gasteiger partial charge in [0.2, 0.25) is 5.91 Å². The molecule has 2 aliphatic carbocycles. The van der Waals surface area contributed by atoms with Gasteiger partial charge in [0.15, 0.2) is 0 Å². The van der Waals surface area contributed by atoms with Gasteiger partial charge in [-0.05, 0) is 49.9 Å². The van der Waals surface area contributed by atoms with Crippen LogP contribution in [-0.4, -0.2) is 12.5 Å². The van der Waals surface area contributed by atoms with Gasteiger partial charge in [-0.15, -0.1) is 0 Å². The first kappa shape index (κ1) is 12.7. The van der Waals surface area contributed by atoms with Crippen molar-refractivity contribution < 1.29 is 4.79 Å². The minimum atomic E-state index is 0.294. The molecule has 2 aliphatic rings. The lowest BCUT2D eigenvalue weighted by Gasteiger charge is -2.12. The number of hydrogen-bond acceptors (Lipinski definition) is 1. The number of carbonyl (C=O) groups excluding carboxylic acids is 1. The standard InChI is InChI=1S/C15H25NO/c1-3-4-5-6-7-13-10-15(13,2)11-16-14(17)12-8-9-12/h4-5,12-13H,3,6-11H2,1-2H3,(H,16,17)/b5-4-. The zero-order valence-electron chi connectivity index (χ0n) is 11.2. The van der Waals surface area contributed by atoms with Crippen molar-refractivity contribution in [2.75, 3.05) is 6.54 Å². The Labute approximate surface area is 105 Å². The van der Waals surface area contributed by atoms with Crippen molar-refractivity contribution in [3.63, 3.8) is 0 Å². The molecule has 1 N–H and O–H groups in total. The lowest BCUT2D eigenvalue weighted by molar-refractivity contribution is -0.122. The molecule has 0 aromatic rings. The second-order valence-electron chi connectivity index (χ2n) is 6.00. The van der Waals surface area contributed by atoms with Crippen molar-refractivity contribution in [1.82, 2.24) is 5.32 Å². The van der Waals surface area contributed by atoms with E-state index in [0.29, 0.717) is 17.2 Å². The highest BCUT2D eigenvalue weighted by Gasteiger charge is 2.49. The van der Waals surface area contributed by atoms with Gasteiger partial charge in [-0.2, -0.15) is 0 Å². The molecular formula is C15H25NO. The summed E-state index contributed by atoms with van der Waals surface area (Å²) >= 11 is 0. The molecule has 0 saturated heterocycles. The molecule has 2 unspecified atom stereocenters. The molecule has 0 aromatic heterocycles. The highest BCUT2D eigenvalue weighted by atomic mass is 16.2. The fourth-order valence-corrected chi connectivity index (χ4v) is 2.53. The highest BCUT2D eigenvalue weighted by molar-refractivity contribution is 5.80. The molecule has 2 fully saturated rings. The van der Waals surface area contributed by atoms with E-state index in [4.69, 9.17) is 0 Å². The van der Waals surface area contributed by atoms with Crippen LogP contribution in [0, 0.1) is 17.3 Å². The molecule has 0 bridgehead atoms. The second kappa shape index (κ2) is 5.24. The van der Waals surface area contributed by atoms with Crippen LogP contribution in [0.2, 0.25) is 0 Å². The summed E-state index contributed by atoms with van der Waals surface area (Å²) in [6.07, 6.45) is 11.7. The first-order chi connectivity index (χ1) is 8.15. The number of amides is 1. The lowest BCUT2D eigenvalue weighted by Crippen LogP contribution is -2.30. The summed E-state index contributed by atoms with van der Waals surface area (Å²) in [6.45, 7) is 5.38. The normalized spacial score (nSPS) is 31.8. The Balaban J connectivity index is 1.61. The lowest BCUT2D eigenvalue weighted by atomic mass is 10.0. The highest BCUT2D eigenvalue weighted by Crippen LogP contribution is 2.54. The number of rotatable bonds is 7. The van der Waals surface area contributed by atoms with Crippen LogP contribution in [-0.2, 0) is 4.79 Å². The monoisotopic (exact) mass is 235 g/mol. The van der Waals surface area contributed by atoms with Crippen molar-refractivity contribution >= 4 is 5.91 Å². The van der Waals surface area contributed by atoms with E-state index in [-0.39, 0.29) is 0 Å². The van der Waals surface area contributed by atoms with Gasteiger partial charge < -0.3 is 5.32 Å². The van der Waals surface area contributed by atoms with Crippen molar-refractivity contribution in [1.29, 1.82) is 0 Å². The van der Waals surface area contributed by atoms with Crippen LogP contribution in [0.4, 0.5) is 0 Å². The van der Waals surface area contributed by atoms with E-state index in [1.165, 1.54) is 19.3 Å². The molecule has 0 heterocycles. The Hall–Kier alpha value is -0.790. The largest absolute Gasteiger partial charge is 0.355 e. The third-order valence-electron chi connectivity index (χ3n) is 4.24. The number of nitrogens with one attached hydrogen (secondary N) is 1. The predicted octanol–water partition coefficient (Wildman–Crippen LogP) is 3.29. The summed E-state index contributed by atoms with van der Waals surface area (Å²) in [5.41, 5.74) is 0.393. The van der Waals surface area contributed by atoms with Crippen LogP contribution in [0.25, 0.3) is 0 Å². The molecule has 2 nitrogen and oxygen atoms in total. The molecule has 0 spiro atoms. The Morgan fingerprint density at radius 1 is 1.41 bits per heavy atom. The van der Waals surface area contributed by atoms with Crippen molar-refractivity contribution in [2.24, 2.45) is 17.3 Å². The quantitative estimate of drug-likeness (QED) is 0.674. The third kappa shape index (κ3) is 3.58. The molecule has 2 atom stereocenters. The maximum Gasteiger partial charge on any atom is 0.223 e. The first-order valence-electron chi connectivity index (χ1n) is 7.08. The molecule has 17 heavy (non-hydrogen) atoms. The molecule has 0 radical (unpaired) electrons. The number of hydrogen-bond donors (Lipinski definition) is 1. The van der Waals surface area contributed by atoms with E-state index in [1.807, 2.05) is 0 Å². The molecule has 0 aromatic carbocycles. The van der Waals surface area contributed by atoms with Gasteiger partial charge in [0, 0.05) is 12.5 Å². The van der Waals surface area contributed by atoms with Crippen LogP contribution in [0.3, 0.4) is 0 Å². The van der Waals surface area contributed by atoms with Crippen molar-refractivity contribution in [2.45, 2.75) is 52.4 Å². The fourth-order valence-electron chi connectivity index (χ4n) is 2.53.